The van der Waals surface area contributed by atoms with Crippen molar-refractivity contribution < 1.29 is 13.2 Å². The molecule has 17 heavy (non-hydrogen) atoms. The van der Waals surface area contributed by atoms with Crippen LogP contribution in [0, 0.1) is 0 Å². The number of benzene rings is 1. The SMILES string of the molecule is CNC(CCSC)c1ccc(C(F)(F)F)cc1. The molecule has 0 saturated carbocycles. The minimum atomic E-state index is -4.26. The summed E-state index contributed by atoms with van der Waals surface area (Å²) < 4.78 is 37.2. The van der Waals surface area contributed by atoms with Crippen LogP contribution in [0.1, 0.15) is 23.6 Å². The van der Waals surface area contributed by atoms with E-state index in [1.807, 2.05) is 13.3 Å². The molecule has 1 aromatic carbocycles. The Kier molecular flexibility index (Phi) is 5.33. The van der Waals surface area contributed by atoms with Crippen molar-refractivity contribution in [2.45, 2.75) is 18.6 Å². The maximum atomic E-state index is 12.4. The summed E-state index contributed by atoms with van der Waals surface area (Å²) in [6.45, 7) is 0. The van der Waals surface area contributed by atoms with Crippen molar-refractivity contribution in [1.29, 1.82) is 0 Å². The minimum absolute atomic E-state index is 0.115. The zero-order valence-electron chi connectivity index (χ0n) is 9.84. The van der Waals surface area contributed by atoms with Crippen molar-refractivity contribution >= 4 is 11.8 Å². The van der Waals surface area contributed by atoms with E-state index in [0.717, 1.165) is 29.9 Å². The van der Waals surface area contributed by atoms with Crippen LogP contribution in [0.25, 0.3) is 0 Å². The maximum absolute atomic E-state index is 12.4. The van der Waals surface area contributed by atoms with Gasteiger partial charge in [-0.25, -0.2) is 0 Å². The molecule has 0 radical (unpaired) electrons. The highest BCUT2D eigenvalue weighted by Crippen LogP contribution is 2.30. The van der Waals surface area contributed by atoms with E-state index in [0.29, 0.717) is 0 Å². The third kappa shape index (κ3) is 4.24. The molecule has 0 aliphatic carbocycles. The van der Waals surface area contributed by atoms with Crippen LogP contribution in [-0.2, 0) is 6.18 Å². The monoisotopic (exact) mass is 263 g/mol. The summed E-state index contributed by atoms with van der Waals surface area (Å²) in [5.41, 5.74) is 0.301. The number of nitrogens with one attached hydrogen (secondary N) is 1. The first-order valence-electron chi connectivity index (χ1n) is 5.32. The molecule has 0 aliphatic rings. The fourth-order valence-corrected chi connectivity index (χ4v) is 2.09. The van der Waals surface area contributed by atoms with Crippen LogP contribution >= 0.6 is 11.8 Å². The van der Waals surface area contributed by atoms with Crippen LogP contribution in [-0.4, -0.2) is 19.1 Å². The predicted molar refractivity (Wildman–Crippen MR) is 66.2 cm³/mol. The summed E-state index contributed by atoms with van der Waals surface area (Å²) in [5, 5.41) is 3.12. The third-order valence-electron chi connectivity index (χ3n) is 2.60. The fraction of sp³-hybridized carbons (Fsp3) is 0.500. The maximum Gasteiger partial charge on any atom is 0.416 e. The van der Waals surface area contributed by atoms with E-state index in [9.17, 15) is 13.2 Å². The number of thioether (sulfide) groups is 1. The summed E-state index contributed by atoms with van der Waals surface area (Å²) >= 11 is 1.73. The molecule has 0 saturated heterocycles. The van der Waals surface area contributed by atoms with E-state index < -0.39 is 11.7 Å². The molecule has 96 valence electrons. The Balaban J connectivity index is 2.78. The predicted octanol–water partition coefficient (Wildman–Crippen LogP) is 3.72. The lowest BCUT2D eigenvalue weighted by Crippen LogP contribution is -2.17. The van der Waals surface area contributed by atoms with Gasteiger partial charge in [0.2, 0.25) is 0 Å². The zero-order chi connectivity index (χ0) is 12.9. The molecule has 1 aromatic rings. The van der Waals surface area contributed by atoms with Crippen LogP contribution in [0.2, 0.25) is 0 Å². The molecule has 5 heteroatoms. The van der Waals surface area contributed by atoms with Crippen LogP contribution in [0.4, 0.5) is 13.2 Å². The highest BCUT2D eigenvalue weighted by Gasteiger charge is 2.30. The summed E-state index contributed by atoms with van der Waals surface area (Å²) in [5.74, 6) is 0.979. The van der Waals surface area contributed by atoms with Gasteiger partial charge < -0.3 is 5.32 Å². The minimum Gasteiger partial charge on any atom is -0.313 e. The van der Waals surface area contributed by atoms with Gasteiger partial charge in [-0.15, -0.1) is 0 Å². The molecule has 0 amide bonds. The van der Waals surface area contributed by atoms with Gasteiger partial charge in [-0.1, -0.05) is 12.1 Å². The standard InChI is InChI=1S/C12H16F3NS/c1-16-11(7-8-17-2)9-3-5-10(6-4-9)12(13,14)15/h3-6,11,16H,7-8H2,1-2H3. The van der Waals surface area contributed by atoms with Gasteiger partial charge >= 0.3 is 6.18 Å². The molecule has 0 aromatic heterocycles. The van der Waals surface area contributed by atoms with Gasteiger partial charge in [-0.05, 0) is 43.2 Å². The van der Waals surface area contributed by atoms with Crippen LogP contribution in [0.15, 0.2) is 24.3 Å². The molecule has 1 nitrogen and oxygen atoms in total. The molecule has 0 bridgehead atoms. The fourth-order valence-electron chi connectivity index (χ4n) is 1.62. The highest BCUT2D eigenvalue weighted by atomic mass is 32.2. The summed E-state index contributed by atoms with van der Waals surface area (Å²) in [4.78, 5) is 0. The normalized spacial score (nSPS) is 13.7. The van der Waals surface area contributed by atoms with E-state index >= 15 is 0 Å². The van der Waals surface area contributed by atoms with Crippen molar-refractivity contribution in [1.82, 2.24) is 5.32 Å². The molecular formula is C12H16F3NS. The Morgan fingerprint density at radius 1 is 1.24 bits per heavy atom. The summed E-state index contributed by atoms with van der Waals surface area (Å²) in [6, 6.07) is 5.48. The van der Waals surface area contributed by atoms with Crippen molar-refractivity contribution in [3.63, 3.8) is 0 Å². The first-order valence-corrected chi connectivity index (χ1v) is 6.71. The zero-order valence-corrected chi connectivity index (χ0v) is 10.7. The third-order valence-corrected chi connectivity index (χ3v) is 3.24. The van der Waals surface area contributed by atoms with Crippen LogP contribution < -0.4 is 5.32 Å². The first-order chi connectivity index (χ1) is 7.99. The summed E-state index contributed by atoms with van der Waals surface area (Å²) in [7, 11) is 1.82. The number of halogens is 3. The van der Waals surface area contributed by atoms with Gasteiger partial charge in [-0.2, -0.15) is 24.9 Å². The molecule has 0 heterocycles. The Morgan fingerprint density at radius 2 is 1.82 bits per heavy atom. The molecule has 1 unspecified atom stereocenters. The Hall–Kier alpha value is -0.680. The van der Waals surface area contributed by atoms with E-state index in [2.05, 4.69) is 5.32 Å². The number of hydrogen-bond donors (Lipinski definition) is 1. The van der Waals surface area contributed by atoms with E-state index in [-0.39, 0.29) is 6.04 Å². The average Bonchev–Trinajstić information content (AvgIpc) is 2.29. The smallest absolute Gasteiger partial charge is 0.313 e. The molecule has 1 N–H and O–H groups in total. The van der Waals surface area contributed by atoms with Crippen molar-refractivity contribution in [2.24, 2.45) is 0 Å². The second kappa shape index (κ2) is 6.31. The molecule has 0 fully saturated rings. The average molecular weight is 263 g/mol. The van der Waals surface area contributed by atoms with E-state index in [4.69, 9.17) is 0 Å². The lowest BCUT2D eigenvalue weighted by Gasteiger charge is -2.17. The van der Waals surface area contributed by atoms with E-state index in [1.54, 1.807) is 23.9 Å². The quantitative estimate of drug-likeness (QED) is 0.869. The lowest BCUT2D eigenvalue weighted by atomic mass is 10.0. The van der Waals surface area contributed by atoms with Gasteiger partial charge in [0.15, 0.2) is 0 Å². The molecule has 0 aliphatic heterocycles. The Bertz CT molecular complexity index is 335. The molecule has 1 rings (SSSR count). The molecule has 1 atom stereocenters. The largest absolute Gasteiger partial charge is 0.416 e. The van der Waals surface area contributed by atoms with Crippen LogP contribution in [0.5, 0.6) is 0 Å². The lowest BCUT2D eigenvalue weighted by molar-refractivity contribution is -0.137. The molecular weight excluding hydrogens is 247 g/mol. The Labute approximate surface area is 104 Å². The van der Waals surface area contributed by atoms with Gasteiger partial charge in [0.25, 0.3) is 0 Å². The number of alkyl halides is 3. The Morgan fingerprint density at radius 3 is 2.24 bits per heavy atom. The topological polar surface area (TPSA) is 12.0 Å². The van der Waals surface area contributed by atoms with Gasteiger partial charge in [0.1, 0.15) is 0 Å². The van der Waals surface area contributed by atoms with Gasteiger partial charge in [0.05, 0.1) is 5.56 Å². The first kappa shape index (κ1) is 14.4. The number of rotatable bonds is 5. The van der Waals surface area contributed by atoms with Crippen molar-refractivity contribution in [3.05, 3.63) is 35.4 Å². The second-order valence-electron chi connectivity index (χ2n) is 3.74. The van der Waals surface area contributed by atoms with Crippen molar-refractivity contribution in [3.8, 4) is 0 Å². The van der Waals surface area contributed by atoms with Crippen LogP contribution in [0.3, 0.4) is 0 Å². The van der Waals surface area contributed by atoms with Gasteiger partial charge in [-0.3, -0.25) is 0 Å². The van der Waals surface area contributed by atoms with E-state index in [1.165, 1.54) is 0 Å². The van der Waals surface area contributed by atoms with Gasteiger partial charge in [0, 0.05) is 6.04 Å². The van der Waals surface area contributed by atoms with Crippen molar-refractivity contribution in [2.75, 3.05) is 19.1 Å². The second-order valence-corrected chi connectivity index (χ2v) is 4.73. The highest BCUT2D eigenvalue weighted by molar-refractivity contribution is 7.98. The molecule has 0 spiro atoms. The summed E-state index contributed by atoms with van der Waals surface area (Å²) in [6.07, 6.45) is -1.34. The number of hydrogen-bond acceptors (Lipinski definition) is 2.